The fourth-order valence-electron chi connectivity index (χ4n) is 1.89. The molecule has 0 saturated heterocycles. The summed E-state index contributed by atoms with van der Waals surface area (Å²) in [5.41, 5.74) is 4.71. The van der Waals surface area contributed by atoms with Gasteiger partial charge in [0, 0.05) is 10.9 Å². The lowest BCUT2D eigenvalue weighted by Gasteiger charge is -1.96. The van der Waals surface area contributed by atoms with Crippen molar-refractivity contribution in [3.8, 4) is 11.3 Å². The fraction of sp³-hybridized carbons (Fsp3) is 0.0625. The molecule has 2 N–H and O–H groups in total. The maximum absolute atomic E-state index is 3.40. The molecule has 20 heavy (non-hydrogen) atoms. The molecule has 3 aromatic rings. The smallest absolute Gasteiger partial charge is 0.337 e. The van der Waals surface area contributed by atoms with Crippen LogP contribution >= 0.6 is 11.3 Å². The van der Waals surface area contributed by atoms with E-state index in [4.69, 9.17) is 0 Å². The molecule has 2 nitrogen and oxygen atoms in total. The van der Waals surface area contributed by atoms with Gasteiger partial charge in [-0.15, -0.1) is 0 Å². The standard InChI is InChI=1S/C16H14N2S.BrH/c1-12-7-9-14(10-8-12)17-16-18-15(11-19-16)13-5-3-2-4-6-13;/h2-11H,1H3,(H,17,18);1H. The molecule has 0 fully saturated rings. The van der Waals surface area contributed by atoms with Crippen molar-refractivity contribution in [3.63, 3.8) is 0 Å². The van der Waals surface area contributed by atoms with E-state index in [2.05, 4.69) is 59.0 Å². The minimum absolute atomic E-state index is 0. The number of benzene rings is 2. The topological polar surface area (TPSA) is 26.2 Å². The number of hydrogen-bond donors (Lipinski definition) is 1. The first kappa shape index (κ1) is 14.8. The maximum Gasteiger partial charge on any atom is 0.337 e. The zero-order valence-corrected chi connectivity index (χ0v) is 13.5. The van der Waals surface area contributed by atoms with Crippen LogP contribution in [0.15, 0.2) is 60.0 Å². The van der Waals surface area contributed by atoms with Gasteiger partial charge >= 0.3 is 5.13 Å². The van der Waals surface area contributed by atoms with Crippen LogP contribution in [0.2, 0.25) is 0 Å². The Bertz CT molecular complexity index is 662. The number of anilines is 2. The Balaban J connectivity index is 0.00000147. The molecule has 4 heteroatoms. The third-order valence-corrected chi connectivity index (χ3v) is 3.73. The van der Waals surface area contributed by atoms with Gasteiger partial charge in [0.2, 0.25) is 0 Å². The molecule has 3 rings (SSSR count). The van der Waals surface area contributed by atoms with E-state index >= 15 is 0 Å². The third kappa shape index (κ3) is 3.46. The van der Waals surface area contributed by atoms with Crippen LogP contribution in [0.25, 0.3) is 11.3 Å². The van der Waals surface area contributed by atoms with Crippen molar-refractivity contribution in [3.05, 3.63) is 65.5 Å². The summed E-state index contributed by atoms with van der Waals surface area (Å²) in [4.78, 5) is 3.40. The summed E-state index contributed by atoms with van der Waals surface area (Å²) >= 11 is 1.68. The number of rotatable bonds is 3. The Hall–Kier alpha value is -1.65. The number of nitrogens with one attached hydrogen (secondary N) is 2. The number of halogens is 1. The molecule has 2 aromatic carbocycles. The number of aromatic amines is 1. The largest absolute Gasteiger partial charge is 1.00 e. The SMILES string of the molecule is Cc1ccc(Nc2[nH+]c(-c3ccccc3)cs2)cc1.[Br-]. The van der Waals surface area contributed by atoms with Crippen LogP contribution < -0.4 is 27.3 Å². The summed E-state index contributed by atoms with van der Waals surface area (Å²) in [6, 6.07) is 18.7. The molecule has 0 bridgehead atoms. The van der Waals surface area contributed by atoms with E-state index in [1.54, 1.807) is 11.3 Å². The van der Waals surface area contributed by atoms with Gasteiger partial charge in [-0.05, 0) is 19.1 Å². The summed E-state index contributed by atoms with van der Waals surface area (Å²) < 4.78 is 0. The van der Waals surface area contributed by atoms with Crippen molar-refractivity contribution in [2.24, 2.45) is 0 Å². The quantitative estimate of drug-likeness (QED) is 0.759. The van der Waals surface area contributed by atoms with Crippen LogP contribution in [0.1, 0.15) is 5.56 Å². The molecule has 0 radical (unpaired) electrons. The zero-order chi connectivity index (χ0) is 13.1. The molecule has 0 aliphatic rings. The molecule has 0 saturated carbocycles. The van der Waals surface area contributed by atoms with Crippen LogP contribution in [0.4, 0.5) is 10.8 Å². The molecule has 0 atom stereocenters. The predicted octanol–water partition coefficient (Wildman–Crippen LogP) is 1.29. The summed E-state index contributed by atoms with van der Waals surface area (Å²) in [7, 11) is 0. The van der Waals surface area contributed by atoms with Crippen LogP contribution in [0.3, 0.4) is 0 Å². The number of thiazole rings is 1. The van der Waals surface area contributed by atoms with Crippen molar-refractivity contribution >= 4 is 22.2 Å². The van der Waals surface area contributed by atoms with E-state index in [0.717, 1.165) is 16.5 Å². The molecule has 0 spiro atoms. The van der Waals surface area contributed by atoms with E-state index in [1.807, 2.05) is 18.2 Å². The lowest BCUT2D eigenvalue weighted by atomic mass is 10.2. The molecule has 1 aromatic heterocycles. The lowest BCUT2D eigenvalue weighted by Crippen LogP contribution is -3.00. The molecular formula is C16H15BrN2S. The summed E-state index contributed by atoms with van der Waals surface area (Å²) in [5, 5.41) is 6.56. The molecule has 0 aliphatic carbocycles. The van der Waals surface area contributed by atoms with Crippen LogP contribution in [0.5, 0.6) is 0 Å². The van der Waals surface area contributed by atoms with E-state index in [-0.39, 0.29) is 17.0 Å². The number of aromatic nitrogens is 1. The zero-order valence-electron chi connectivity index (χ0n) is 11.1. The Morgan fingerprint density at radius 3 is 2.35 bits per heavy atom. The van der Waals surface area contributed by atoms with Gasteiger partial charge in [-0.25, -0.2) is 10.3 Å². The van der Waals surface area contributed by atoms with Crippen LogP contribution in [0, 0.1) is 6.92 Å². The van der Waals surface area contributed by atoms with Crippen molar-refractivity contribution < 1.29 is 22.0 Å². The van der Waals surface area contributed by atoms with Gasteiger partial charge in [-0.3, -0.25) is 0 Å². The monoisotopic (exact) mass is 346 g/mol. The summed E-state index contributed by atoms with van der Waals surface area (Å²) in [6.45, 7) is 2.09. The summed E-state index contributed by atoms with van der Waals surface area (Å²) in [6.07, 6.45) is 0. The van der Waals surface area contributed by atoms with Gasteiger partial charge in [-0.1, -0.05) is 59.4 Å². The molecule has 0 unspecified atom stereocenters. The predicted molar refractivity (Wildman–Crippen MR) is 80.8 cm³/mol. The summed E-state index contributed by atoms with van der Waals surface area (Å²) in [5.74, 6) is 0. The second-order valence-electron chi connectivity index (χ2n) is 4.46. The van der Waals surface area contributed by atoms with E-state index in [0.29, 0.717) is 0 Å². The van der Waals surface area contributed by atoms with Crippen molar-refractivity contribution in [1.29, 1.82) is 0 Å². The molecule has 1 heterocycles. The van der Waals surface area contributed by atoms with Crippen LogP contribution in [-0.4, -0.2) is 0 Å². The minimum Gasteiger partial charge on any atom is -1.00 e. The third-order valence-electron chi connectivity index (χ3n) is 2.94. The number of H-pyrrole nitrogens is 1. The van der Waals surface area contributed by atoms with Gasteiger partial charge in [0.25, 0.3) is 0 Å². The highest BCUT2D eigenvalue weighted by molar-refractivity contribution is 7.13. The lowest BCUT2D eigenvalue weighted by molar-refractivity contribution is -0.340. The van der Waals surface area contributed by atoms with Gasteiger partial charge in [0.05, 0.1) is 0 Å². The molecule has 0 aliphatic heterocycles. The normalized spacial score (nSPS) is 9.85. The van der Waals surface area contributed by atoms with Crippen molar-refractivity contribution in [2.75, 3.05) is 5.32 Å². The van der Waals surface area contributed by atoms with Crippen LogP contribution in [-0.2, 0) is 0 Å². The molecule has 102 valence electrons. The van der Waals surface area contributed by atoms with E-state index in [1.165, 1.54) is 11.1 Å². The molecular weight excluding hydrogens is 332 g/mol. The van der Waals surface area contributed by atoms with Crippen molar-refractivity contribution in [2.45, 2.75) is 6.92 Å². The Morgan fingerprint density at radius 2 is 1.65 bits per heavy atom. The first-order chi connectivity index (χ1) is 9.31. The average Bonchev–Trinajstić information content (AvgIpc) is 2.91. The highest BCUT2D eigenvalue weighted by Crippen LogP contribution is 2.23. The van der Waals surface area contributed by atoms with Gasteiger partial charge in [0.1, 0.15) is 11.4 Å². The Morgan fingerprint density at radius 1 is 0.950 bits per heavy atom. The second kappa shape index (κ2) is 6.68. The van der Waals surface area contributed by atoms with Crippen molar-refractivity contribution in [1.82, 2.24) is 0 Å². The van der Waals surface area contributed by atoms with Gasteiger partial charge in [-0.2, -0.15) is 0 Å². The molecule has 0 amide bonds. The Kier molecular flexibility index (Phi) is 4.93. The highest BCUT2D eigenvalue weighted by Gasteiger charge is 2.09. The van der Waals surface area contributed by atoms with Gasteiger partial charge < -0.3 is 17.0 Å². The first-order valence-corrected chi connectivity index (χ1v) is 7.09. The Labute approximate surface area is 133 Å². The number of aryl methyl sites for hydroxylation is 1. The highest BCUT2D eigenvalue weighted by atomic mass is 79.9. The minimum atomic E-state index is 0. The van der Waals surface area contributed by atoms with E-state index in [9.17, 15) is 0 Å². The first-order valence-electron chi connectivity index (χ1n) is 6.21. The maximum atomic E-state index is 3.40. The fourth-order valence-corrected chi connectivity index (χ4v) is 2.66. The average molecular weight is 347 g/mol. The van der Waals surface area contributed by atoms with E-state index < -0.39 is 0 Å². The van der Waals surface area contributed by atoms with Gasteiger partial charge in [0.15, 0.2) is 0 Å². The second-order valence-corrected chi connectivity index (χ2v) is 5.34. The number of hydrogen-bond acceptors (Lipinski definition) is 2.